The van der Waals surface area contributed by atoms with Crippen molar-refractivity contribution in [1.29, 1.82) is 0 Å². The fourth-order valence-electron chi connectivity index (χ4n) is 4.19. The minimum atomic E-state index is 0.321. The molecule has 0 amide bonds. The van der Waals surface area contributed by atoms with Crippen molar-refractivity contribution in [3.05, 3.63) is 59.5 Å². The number of H-pyrrole nitrogens is 1. The minimum absolute atomic E-state index is 0.321. The molecule has 4 aromatic rings. The van der Waals surface area contributed by atoms with E-state index < -0.39 is 0 Å². The van der Waals surface area contributed by atoms with E-state index in [4.69, 9.17) is 5.10 Å². The fraction of sp³-hybridized carbons (Fsp3) is 0.400. The first kappa shape index (κ1) is 21.2. The van der Waals surface area contributed by atoms with Crippen LogP contribution in [0.1, 0.15) is 63.3 Å². The van der Waals surface area contributed by atoms with E-state index in [9.17, 15) is 0 Å². The highest BCUT2D eigenvalue weighted by Gasteiger charge is 2.21. The van der Waals surface area contributed by atoms with Gasteiger partial charge in [0, 0.05) is 35.0 Å². The van der Waals surface area contributed by atoms with Crippen LogP contribution in [0.25, 0.3) is 28.2 Å². The van der Waals surface area contributed by atoms with Gasteiger partial charge in [0.2, 0.25) is 0 Å². The molecule has 0 radical (unpaired) electrons. The zero-order chi connectivity index (χ0) is 22.3. The molecule has 31 heavy (non-hydrogen) atoms. The summed E-state index contributed by atoms with van der Waals surface area (Å²) in [6.07, 6.45) is 3.61. The first-order valence-electron chi connectivity index (χ1n) is 11.0. The number of aryl methyl sites for hydroxylation is 1. The molecular weight excluding hydrogens is 384 g/mol. The normalized spacial score (nSPS) is 13.1. The maximum absolute atomic E-state index is 4.74. The van der Waals surface area contributed by atoms with Crippen LogP contribution in [-0.4, -0.2) is 42.8 Å². The van der Waals surface area contributed by atoms with Gasteiger partial charge in [-0.3, -0.25) is 10.00 Å². The van der Waals surface area contributed by atoms with Crippen LogP contribution in [-0.2, 0) is 0 Å². The molecule has 1 aromatic carbocycles. The van der Waals surface area contributed by atoms with Crippen molar-refractivity contribution >= 4 is 5.65 Å². The highest BCUT2D eigenvalue weighted by atomic mass is 15.3. The summed E-state index contributed by atoms with van der Waals surface area (Å²) in [7, 11) is 2.17. The molecule has 1 unspecified atom stereocenters. The second kappa shape index (κ2) is 8.27. The van der Waals surface area contributed by atoms with Gasteiger partial charge >= 0.3 is 0 Å². The molecule has 6 heteroatoms. The molecule has 3 aromatic heterocycles. The molecule has 162 valence electrons. The third-order valence-electron chi connectivity index (χ3n) is 6.32. The van der Waals surface area contributed by atoms with E-state index in [2.05, 4.69) is 99.0 Å². The number of aromatic amines is 1. The van der Waals surface area contributed by atoms with Crippen LogP contribution >= 0.6 is 0 Å². The van der Waals surface area contributed by atoms with E-state index in [0.29, 0.717) is 18.0 Å². The molecule has 0 aliphatic heterocycles. The van der Waals surface area contributed by atoms with E-state index >= 15 is 0 Å². The van der Waals surface area contributed by atoms with Gasteiger partial charge in [-0.2, -0.15) is 10.2 Å². The molecule has 0 aliphatic rings. The van der Waals surface area contributed by atoms with E-state index in [1.54, 1.807) is 6.33 Å². The van der Waals surface area contributed by atoms with Crippen molar-refractivity contribution < 1.29 is 0 Å². The van der Waals surface area contributed by atoms with Crippen molar-refractivity contribution in [2.45, 2.75) is 59.5 Å². The van der Waals surface area contributed by atoms with Crippen LogP contribution < -0.4 is 0 Å². The third kappa shape index (κ3) is 3.88. The Morgan fingerprint density at radius 1 is 1.00 bits per heavy atom. The van der Waals surface area contributed by atoms with Gasteiger partial charge in [0.15, 0.2) is 5.65 Å². The van der Waals surface area contributed by atoms with E-state index in [-0.39, 0.29) is 0 Å². The highest BCUT2D eigenvalue weighted by Crippen LogP contribution is 2.36. The Morgan fingerprint density at radius 2 is 1.71 bits per heavy atom. The Hall–Kier alpha value is -2.99. The van der Waals surface area contributed by atoms with Crippen LogP contribution in [0.4, 0.5) is 0 Å². The zero-order valence-electron chi connectivity index (χ0n) is 19.5. The van der Waals surface area contributed by atoms with Crippen molar-refractivity contribution in [2.75, 3.05) is 7.05 Å². The van der Waals surface area contributed by atoms with Crippen LogP contribution in [0, 0.1) is 6.92 Å². The number of hydrogen-bond donors (Lipinski definition) is 1. The van der Waals surface area contributed by atoms with Crippen molar-refractivity contribution in [1.82, 2.24) is 29.7 Å². The first-order valence-corrected chi connectivity index (χ1v) is 11.0. The summed E-state index contributed by atoms with van der Waals surface area (Å²) in [6, 6.07) is 11.9. The molecule has 1 N–H and O–H groups in total. The zero-order valence-corrected chi connectivity index (χ0v) is 19.5. The molecule has 0 bridgehead atoms. The highest BCUT2D eigenvalue weighted by molar-refractivity contribution is 5.75. The third-order valence-corrected chi connectivity index (χ3v) is 6.32. The van der Waals surface area contributed by atoms with Crippen molar-refractivity contribution in [3.63, 3.8) is 0 Å². The van der Waals surface area contributed by atoms with Crippen LogP contribution in [0.2, 0.25) is 0 Å². The fourth-order valence-corrected chi connectivity index (χ4v) is 4.19. The number of hydrogen-bond acceptors (Lipinski definition) is 4. The lowest BCUT2D eigenvalue weighted by molar-refractivity contribution is 0.210. The maximum atomic E-state index is 4.74. The predicted molar refractivity (Wildman–Crippen MR) is 126 cm³/mol. The summed E-state index contributed by atoms with van der Waals surface area (Å²) in [5.74, 6) is 0.321. The van der Waals surface area contributed by atoms with Gasteiger partial charge in [-0.05, 0) is 57.9 Å². The molecule has 0 aliphatic carbocycles. The second-order valence-corrected chi connectivity index (χ2v) is 9.01. The van der Waals surface area contributed by atoms with Gasteiger partial charge < -0.3 is 0 Å². The van der Waals surface area contributed by atoms with Gasteiger partial charge in [0.1, 0.15) is 6.33 Å². The Labute approximate surface area is 184 Å². The number of nitrogens with zero attached hydrogens (tertiary/aromatic N) is 5. The lowest BCUT2D eigenvalue weighted by Gasteiger charge is -2.28. The van der Waals surface area contributed by atoms with Crippen LogP contribution in [0.15, 0.2) is 42.9 Å². The molecule has 0 saturated carbocycles. The predicted octanol–water partition coefficient (Wildman–Crippen LogP) is 5.62. The van der Waals surface area contributed by atoms with E-state index in [1.807, 2.05) is 10.7 Å². The van der Waals surface area contributed by atoms with Gasteiger partial charge in [0.25, 0.3) is 0 Å². The minimum Gasteiger partial charge on any atom is -0.297 e. The summed E-state index contributed by atoms with van der Waals surface area (Å²) >= 11 is 0. The number of nitrogens with one attached hydrogen (secondary N) is 1. The quantitative estimate of drug-likeness (QED) is 0.443. The number of rotatable bonds is 6. The van der Waals surface area contributed by atoms with Crippen LogP contribution in [0.5, 0.6) is 0 Å². The van der Waals surface area contributed by atoms with Crippen LogP contribution in [0.3, 0.4) is 0 Å². The SMILES string of the molecule is Cc1cc(-c2[nH]nc(-c3ccc(C(C)N(C)C(C)C)cc3)c2C(C)C)cn2ncnc12. The molecule has 0 spiro atoms. The Morgan fingerprint density at radius 3 is 2.35 bits per heavy atom. The summed E-state index contributed by atoms with van der Waals surface area (Å²) in [5, 5.41) is 12.4. The molecular formula is C25H32N6. The number of pyridine rings is 1. The molecule has 3 heterocycles. The van der Waals surface area contributed by atoms with Gasteiger partial charge in [-0.1, -0.05) is 38.1 Å². The Kier molecular flexibility index (Phi) is 5.67. The monoisotopic (exact) mass is 416 g/mol. The maximum Gasteiger partial charge on any atom is 0.158 e. The standard InChI is InChI=1S/C25H32N6/c1-15(2)22-23(20-10-8-19(9-11-20)18(6)30(7)16(3)4)28-29-24(22)21-12-17(5)25-26-14-27-31(25)13-21/h8-16,18H,1-7H3,(H,28,29). The van der Waals surface area contributed by atoms with Crippen molar-refractivity contribution in [3.8, 4) is 22.5 Å². The van der Waals surface area contributed by atoms with Crippen molar-refractivity contribution in [2.24, 2.45) is 0 Å². The molecule has 6 nitrogen and oxygen atoms in total. The topological polar surface area (TPSA) is 62.1 Å². The largest absolute Gasteiger partial charge is 0.297 e. The van der Waals surface area contributed by atoms with Gasteiger partial charge in [0.05, 0.1) is 11.4 Å². The number of aromatic nitrogens is 5. The molecule has 0 saturated heterocycles. The lowest BCUT2D eigenvalue weighted by atomic mass is 9.93. The first-order chi connectivity index (χ1) is 14.8. The Balaban J connectivity index is 1.74. The summed E-state index contributed by atoms with van der Waals surface area (Å²) in [4.78, 5) is 6.71. The van der Waals surface area contributed by atoms with E-state index in [1.165, 1.54) is 11.1 Å². The van der Waals surface area contributed by atoms with Gasteiger partial charge in [-0.15, -0.1) is 0 Å². The average Bonchev–Trinajstić information content (AvgIpc) is 3.40. The number of benzene rings is 1. The Bertz CT molecular complexity index is 1180. The molecule has 1 atom stereocenters. The summed E-state index contributed by atoms with van der Waals surface area (Å²) in [6.45, 7) is 13.2. The smallest absolute Gasteiger partial charge is 0.158 e. The van der Waals surface area contributed by atoms with Gasteiger partial charge in [-0.25, -0.2) is 9.50 Å². The number of fused-ring (bicyclic) bond motifs is 1. The second-order valence-electron chi connectivity index (χ2n) is 9.01. The molecule has 0 fully saturated rings. The summed E-state index contributed by atoms with van der Waals surface area (Å²) < 4.78 is 1.83. The van der Waals surface area contributed by atoms with E-state index in [0.717, 1.165) is 33.7 Å². The summed E-state index contributed by atoms with van der Waals surface area (Å²) in [5.41, 5.74) is 8.77. The molecule has 4 rings (SSSR count). The lowest BCUT2D eigenvalue weighted by Crippen LogP contribution is -2.29. The average molecular weight is 417 g/mol.